The fraction of sp³-hybridized carbons (Fsp3) is 0.958. The first-order chi connectivity index (χ1) is 14.9. The number of Topliss-reactive ketones (excluding diaryl/α,β-unsaturated/α-hetero) is 1. The zero-order chi connectivity index (χ0) is 26.3. The van der Waals surface area contributed by atoms with E-state index in [9.17, 15) is 9.36 Å². The topological polar surface area (TPSA) is 71.1 Å². The van der Waals surface area contributed by atoms with Crippen LogP contribution in [0.25, 0.3) is 0 Å². The molecular formula is C24H53O6PSi2. The molecule has 6 nitrogen and oxygen atoms in total. The summed E-state index contributed by atoms with van der Waals surface area (Å²) >= 11 is 0. The predicted molar refractivity (Wildman–Crippen MR) is 144 cm³/mol. The summed E-state index contributed by atoms with van der Waals surface area (Å²) < 4.78 is 37.1. The molecule has 0 N–H and O–H groups in total. The Hall–Kier alpha value is 0.174. The van der Waals surface area contributed by atoms with Crippen molar-refractivity contribution in [1.82, 2.24) is 0 Å². The van der Waals surface area contributed by atoms with E-state index in [0.29, 0.717) is 23.2 Å². The number of carbonyl (C=O) groups excluding carboxylic acids is 1. The third-order valence-corrected chi connectivity index (χ3v) is 19.7. The average molecular weight is 525 g/mol. The summed E-state index contributed by atoms with van der Waals surface area (Å²) in [6.45, 7) is 28.8. The molecule has 0 aliphatic carbocycles. The first-order valence-corrected chi connectivity index (χ1v) is 19.4. The van der Waals surface area contributed by atoms with Crippen molar-refractivity contribution < 1.29 is 27.3 Å². The zero-order valence-electron chi connectivity index (χ0n) is 23.7. The molecule has 0 rings (SSSR count). The Morgan fingerprint density at radius 1 is 0.879 bits per heavy atom. The largest absolute Gasteiger partial charge is 0.414 e. The summed E-state index contributed by atoms with van der Waals surface area (Å²) in [5.74, 6) is -0.164. The SMILES string of the molecule is CCOP(=O)(CC(=O)C[C@@H](CO[Si](C)(C)C(C)(C)C)O[Si](C(C)C)(C(C)C)C(C)C)OCC. The molecule has 0 aliphatic rings. The van der Waals surface area contributed by atoms with Gasteiger partial charge in [-0.05, 0) is 48.6 Å². The van der Waals surface area contributed by atoms with Gasteiger partial charge in [-0.15, -0.1) is 0 Å². The van der Waals surface area contributed by atoms with E-state index in [4.69, 9.17) is 17.9 Å². The highest BCUT2D eigenvalue weighted by molar-refractivity contribution is 7.54. The summed E-state index contributed by atoms with van der Waals surface area (Å²) in [5, 5.41) is 0.0594. The summed E-state index contributed by atoms with van der Waals surface area (Å²) in [6, 6.07) is 0. The lowest BCUT2D eigenvalue weighted by Gasteiger charge is -2.45. The summed E-state index contributed by atoms with van der Waals surface area (Å²) in [6.07, 6.45) is -0.448. The number of hydrogen-bond acceptors (Lipinski definition) is 6. The van der Waals surface area contributed by atoms with Crippen molar-refractivity contribution >= 4 is 30.0 Å². The van der Waals surface area contributed by atoms with Crippen LogP contribution in [0.3, 0.4) is 0 Å². The van der Waals surface area contributed by atoms with Crippen molar-refractivity contribution in [2.45, 2.75) is 123 Å². The fourth-order valence-electron chi connectivity index (χ4n) is 4.41. The molecule has 0 aromatic carbocycles. The van der Waals surface area contributed by atoms with Crippen LogP contribution in [-0.4, -0.2) is 54.5 Å². The van der Waals surface area contributed by atoms with E-state index in [0.717, 1.165) is 0 Å². The number of ketones is 1. The van der Waals surface area contributed by atoms with Gasteiger partial charge in [0.15, 0.2) is 8.32 Å². The van der Waals surface area contributed by atoms with Crippen molar-refractivity contribution in [3.05, 3.63) is 0 Å². The first-order valence-electron chi connectivity index (χ1n) is 12.6. The molecular weight excluding hydrogens is 471 g/mol. The molecule has 0 saturated carbocycles. The van der Waals surface area contributed by atoms with E-state index < -0.39 is 24.2 Å². The molecule has 0 aromatic rings. The van der Waals surface area contributed by atoms with Crippen LogP contribution in [0, 0.1) is 0 Å². The van der Waals surface area contributed by atoms with Gasteiger partial charge in [0, 0.05) is 6.42 Å². The Balaban J connectivity index is 5.92. The molecule has 0 aromatic heterocycles. The van der Waals surface area contributed by atoms with Crippen LogP contribution in [0.15, 0.2) is 0 Å². The van der Waals surface area contributed by atoms with Gasteiger partial charge >= 0.3 is 7.60 Å². The van der Waals surface area contributed by atoms with Crippen LogP contribution in [0.1, 0.15) is 82.6 Å². The molecule has 0 fully saturated rings. The molecule has 0 saturated heterocycles. The van der Waals surface area contributed by atoms with Crippen molar-refractivity contribution in [1.29, 1.82) is 0 Å². The molecule has 0 aliphatic heterocycles. The van der Waals surface area contributed by atoms with Gasteiger partial charge in [0.1, 0.15) is 11.9 Å². The molecule has 1 atom stereocenters. The van der Waals surface area contributed by atoms with E-state index in [1.807, 2.05) is 0 Å². The van der Waals surface area contributed by atoms with Gasteiger partial charge in [-0.1, -0.05) is 62.3 Å². The lowest BCUT2D eigenvalue weighted by atomic mass is 10.2. The molecule has 9 heteroatoms. The van der Waals surface area contributed by atoms with Gasteiger partial charge in [-0.25, -0.2) is 0 Å². The average Bonchev–Trinajstić information content (AvgIpc) is 2.62. The van der Waals surface area contributed by atoms with Crippen LogP contribution in [0.5, 0.6) is 0 Å². The highest BCUT2D eigenvalue weighted by atomic mass is 31.2. The van der Waals surface area contributed by atoms with Crippen LogP contribution in [0.4, 0.5) is 0 Å². The predicted octanol–water partition coefficient (Wildman–Crippen LogP) is 7.79. The Kier molecular flexibility index (Phi) is 13.5. The molecule has 0 unspecified atom stereocenters. The van der Waals surface area contributed by atoms with E-state index in [1.54, 1.807) is 13.8 Å². The van der Waals surface area contributed by atoms with E-state index >= 15 is 0 Å². The van der Waals surface area contributed by atoms with E-state index in [1.165, 1.54) is 0 Å². The van der Waals surface area contributed by atoms with Gasteiger partial charge in [-0.2, -0.15) is 0 Å². The molecule has 33 heavy (non-hydrogen) atoms. The summed E-state index contributed by atoms with van der Waals surface area (Å²) in [5.41, 5.74) is 1.17. The van der Waals surface area contributed by atoms with Crippen LogP contribution in [-0.2, 0) is 27.3 Å². The van der Waals surface area contributed by atoms with Crippen LogP contribution < -0.4 is 0 Å². The van der Waals surface area contributed by atoms with Crippen molar-refractivity contribution in [3.8, 4) is 0 Å². The van der Waals surface area contributed by atoms with Gasteiger partial charge in [0.2, 0.25) is 8.32 Å². The standard InChI is InChI=1S/C24H53O6PSi2/c1-14-27-31(26,28-15-2)18-22(25)16-23(17-29-32(12,13)24(9,10)11)30-33(19(3)4,20(5)6)21(7)8/h19-21,23H,14-18H2,1-13H3/t23-/m0/s1. The van der Waals surface area contributed by atoms with Gasteiger partial charge < -0.3 is 17.9 Å². The second kappa shape index (κ2) is 13.5. The monoisotopic (exact) mass is 524 g/mol. The van der Waals surface area contributed by atoms with Gasteiger partial charge in [0.05, 0.1) is 25.9 Å². The molecule has 0 spiro atoms. The first kappa shape index (κ1) is 33.2. The van der Waals surface area contributed by atoms with Crippen molar-refractivity contribution in [2.75, 3.05) is 26.0 Å². The third kappa shape index (κ3) is 9.62. The Bertz CT molecular complexity index is 612. The minimum absolute atomic E-state index is 0.0594. The van der Waals surface area contributed by atoms with Crippen molar-refractivity contribution in [3.63, 3.8) is 0 Å². The third-order valence-electron chi connectivity index (χ3n) is 6.99. The molecule has 0 amide bonds. The van der Waals surface area contributed by atoms with Crippen LogP contribution in [0.2, 0.25) is 34.8 Å². The second-order valence-electron chi connectivity index (χ2n) is 11.5. The summed E-state index contributed by atoms with van der Waals surface area (Å²) in [7, 11) is -7.71. The minimum Gasteiger partial charge on any atom is -0.414 e. The quantitative estimate of drug-likeness (QED) is 0.152. The zero-order valence-corrected chi connectivity index (χ0v) is 26.6. The Morgan fingerprint density at radius 2 is 1.30 bits per heavy atom. The Morgan fingerprint density at radius 3 is 1.64 bits per heavy atom. The van der Waals surface area contributed by atoms with E-state index in [-0.39, 0.29) is 42.7 Å². The van der Waals surface area contributed by atoms with Gasteiger partial charge in [-0.3, -0.25) is 9.36 Å². The highest BCUT2D eigenvalue weighted by Crippen LogP contribution is 2.48. The van der Waals surface area contributed by atoms with Gasteiger partial charge in [0.25, 0.3) is 0 Å². The maximum absolute atomic E-state index is 13.1. The fourth-order valence-corrected chi connectivity index (χ4v) is 12.6. The highest BCUT2D eigenvalue weighted by Gasteiger charge is 2.47. The van der Waals surface area contributed by atoms with E-state index in [2.05, 4.69) is 75.4 Å². The second-order valence-corrected chi connectivity index (χ2v) is 23.7. The molecule has 0 heterocycles. The normalized spacial score (nSPS) is 15.0. The number of rotatable bonds is 16. The maximum Gasteiger partial charge on any atom is 0.338 e. The smallest absolute Gasteiger partial charge is 0.338 e. The Labute approximate surface area is 206 Å². The minimum atomic E-state index is -3.44. The maximum atomic E-state index is 13.1. The molecule has 0 radical (unpaired) electrons. The summed E-state index contributed by atoms with van der Waals surface area (Å²) in [4.78, 5) is 13.1. The van der Waals surface area contributed by atoms with Crippen molar-refractivity contribution in [2.24, 2.45) is 0 Å². The number of hydrogen-bond donors (Lipinski definition) is 0. The lowest BCUT2D eigenvalue weighted by molar-refractivity contribution is -0.119. The lowest BCUT2D eigenvalue weighted by Crippen LogP contribution is -2.52. The molecule has 0 bridgehead atoms. The number of carbonyl (C=O) groups is 1. The van der Waals surface area contributed by atoms with Crippen LogP contribution >= 0.6 is 7.60 Å². The molecule has 198 valence electrons.